The smallest absolute Gasteiger partial charge is 0.410 e. The van der Waals surface area contributed by atoms with Gasteiger partial charge in [-0.05, 0) is 33.7 Å². The van der Waals surface area contributed by atoms with E-state index in [0.717, 1.165) is 4.90 Å². The topological polar surface area (TPSA) is 41.6 Å². The summed E-state index contributed by atoms with van der Waals surface area (Å²) in [6.45, 7) is 5.14. The number of carbonyl (C=O) groups excluding carboxylic acids is 1. The second kappa shape index (κ2) is 4.81. The Morgan fingerprint density at radius 2 is 2.06 bits per heavy atom. The number of rotatable bonds is 0. The molecular formula is C11H19ClF2N2O2. The standard InChI is InChI=1S/C11H18F2N2O2.ClH/c1-10(2,3)17-9(16)15-6-11(12,13)8-7(15)4-5-14-8;/h7-8,14H,4-6H2,1-3H3;1H. The number of hydrogen-bond donors (Lipinski definition) is 1. The van der Waals surface area contributed by atoms with Crippen molar-refractivity contribution in [3.05, 3.63) is 0 Å². The van der Waals surface area contributed by atoms with Crippen molar-refractivity contribution in [2.45, 2.75) is 50.8 Å². The van der Waals surface area contributed by atoms with Gasteiger partial charge in [0.1, 0.15) is 5.60 Å². The molecule has 0 saturated carbocycles. The zero-order valence-electron chi connectivity index (χ0n) is 10.7. The highest BCUT2D eigenvalue weighted by molar-refractivity contribution is 5.85. The number of alkyl halides is 2. The van der Waals surface area contributed by atoms with Gasteiger partial charge in [0.25, 0.3) is 5.92 Å². The lowest BCUT2D eigenvalue weighted by molar-refractivity contribution is -0.0155. The van der Waals surface area contributed by atoms with E-state index in [0.29, 0.717) is 13.0 Å². The molecule has 106 valence electrons. The van der Waals surface area contributed by atoms with Crippen LogP contribution in [0.4, 0.5) is 13.6 Å². The molecule has 2 heterocycles. The average molecular weight is 285 g/mol. The van der Waals surface area contributed by atoms with Crippen molar-refractivity contribution >= 4 is 18.5 Å². The summed E-state index contributed by atoms with van der Waals surface area (Å²) in [7, 11) is 0. The first-order valence-corrected chi connectivity index (χ1v) is 5.81. The van der Waals surface area contributed by atoms with Gasteiger partial charge < -0.3 is 10.1 Å². The van der Waals surface area contributed by atoms with Gasteiger partial charge in [-0.1, -0.05) is 0 Å². The zero-order chi connectivity index (χ0) is 12.8. The highest BCUT2D eigenvalue weighted by atomic mass is 35.5. The summed E-state index contributed by atoms with van der Waals surface area (Å²) >= 11 is 0. The van der Waals surface area contributed by atoms with E-state index in [1.54, 1.807) is 20.8 Å². The molecule has 0 aromatic heterocycles. The molecule has 1 N–H and O–H groups in total. The lowest BCUT2D eigenvalue weighted by Crippen LogP contribution is -2.42. The first-order valence-electron chi connectivity index (χ1n) is 5.81. The van der Waals surface area contributed by atoms with Crippen LogP contribution in [-0.2, 0) is 4.74 Å². The predicted octanol–water partition coefficient (Wildman–Crippen LogP) is 2.02. The highest BCUT2D eigenvalue weighted by Gasteiger charge is 2.58. The monoisotopic (exact) mass is 284 g/mol. The van der Waals surface area contributed by atoms with E-state index in [1.165, 1.54) is 0 Å². The van der Waals surface area contributed by atoms with Gasteiger partial charge in [-0.25, -0.2) is 13.6 Å². The molecule has 0 bridgehead atoms. The van der Waals surface area contributed by atoms with E-state index in [-0.39, 0.29) is 12.4 Å². The fourth-order valence-corrected chi connectivity index (χ4v) is 2.42. The van der Waals surface area contributed by atoms with Crippen molar-refractivity contribution in [1.82, 2.24) is 10.2 Å². The average Bonchev–Trinajstić information content (AvgIpc) is 2.66. The summed E-state index contributed by atoms with van der Waals surface area (Å²) in [5.41, 5.74) is -0.656. The Kier molecular flexibility index (Phi) is 4.13. The molecule has 2 unspecified atom stereocenters. The van der Waals surface area contributed by atoms with Crippen LogP contribution in [-0.4, -0.2) is 47.7 Å². The second-order valence-electron chi connectivity index (χ2n) is 5.66. The Morgan fingerprint density at radius 3 is 2.61 bits per heavy atom. The van der Waals surface area contributed by atoms with Crippen molar-refractivity contribution in [2.75, 3.05) is 13.1 Å². The number of halogens is 3. The highest BCUT2D eigenvalue weighted by Crippen LogP contribution is 2.37. The molecule has 2 atom stereocenters. The van der Waals surface area contributed by atoms with E-state index in [9.17, 15) is 13.6 Å². The van der Waals surface area contributed by atoms with E-state index in [4.69, 9.17) is 4.74 Å². The van der Waals surface area contributed by atoms with E-state index < -0.39 is 36.2 Å². The number of likely N-dealkylation sites (tertiary alicyclic amines) is 1. The number of fused-ring (bicyclic) bond motifs is 1. The van der Waals surface area contributed by atoms with E-state index in [2.05, 4.69) is 5.32 Å². The van der Waals surface area contributed by atoms with Crippen molar-refractivity contribution in [3.63, 3.8) is 0 Å². The third-order valence-electron chi connectivity index (χ3n) is 3.05. The van der Waals surface area contributed by atoms with Crippen LogP contribution in [0.15, 0.2) is 0 Å². The van der Waals surface area contributed by atoms with Gasteiger partial charge in [0.2, 0.25) is 0 Å². The molecular weight excluding hydrogens is 266 g/mol. The summed E-state index contributed by atoms with van der Waals surface area (Å²) in [6.07, 6.45) is -0.0900. The summed E-state index contributed by atoms with van der Waals surface area (Å²) in [5, 5.41) is 2.76. The quantitative estimate of drug-likeness (QED) is 0.740. The van der Waals surface area contributed by atoms with Gasteiger partial charge in [0, 0.05) is 0 Å². The van der Waals surface area contributed by atoms with Crippen LogP contribution in [0, 0.1) is 0 Å². The maximum Gasteiger partial charge on any atom is 0.410 e. The Bertz CT molecular complexity index is 333. The van der Waals surface area contributed by atoms with Gasteiger partial charge in [-0.3, -0.25) is 4.90 Å². The fourth-order valence-electron chi connectivity index (χ4n) is 2.42. The Labute approximate surface area is 111 Å². The van der Waals surface area contributed by atoms with Crippen LogP contribution in [0.25, 0.3) is 0 Å². The van der Waals surface area contributed by atoms with Gasteiger partial charge in [0.15, 0.2) is 0 Å². The van der Waals surface area contributed by atoms with Crippen LogP contribution in [0.1, 0.15) is 27.2 Å². The van der Waals surface area contributed by atoms with Gasteiger partial charge in [0.05, 0.1) is 18.6 Å². The van der Waals surface area contributed by atoms with Crippen LogP contribution in [0.5, 0.6) is 0 Å². The van der Waals surface area contributed by atoms with Crippen LogP contribution >= 0.6 is 12.4 Å². The normalized spacial score (nSPS) is 29.7. The third kappa shape index (κ3) is 2.85. The largest absolute Gasteiger partial charge is 0.444 e. The first-order chi connectivity index (χ1) is 7.71. The third-order valence-corrected chi connectivity index (χ3v) is 3.05. The Balaban J connectivity index is 0.00000162. The number of carbonyl (C=O) groups is 1. The predicted molar refractivity (Wildman–Crippen MR) is 65.3 cm³/mol. The van der Waals surface area contributed by atoms with Crippen molar-refractivity contribution < 1.29 is 18.3 Å². The molecule has 0 aromatic carbocycles. The molecule has 2 aliphatic heterocycles. The molecule has 0 spiro atoms. The van der Waals surface area contributed by atoms with Crippen LogP contribution < -0.4 is 5.32 Å². The summed E-state index contributed by atoms with van der Waals surface area (Å²) in [6, 6.07) is -1.37. The second-order valence-corrected chi connectivity index (χ2v) is 5.66. The molecule has 0 aromatic rings. The maximum absolute atomic E-state index is 13.6. The van der Waals surface area contributed by atoms with Gasteiger partial charge in [-0.15, -0.1) is 12.4 Å². The SMILES string of the molecule is CC(C)(C)OC(=O)N1CC(F)(F)C2NCCC21.Cl. The zero-order valence-corrected chi connectivity index (χ0v) is 11.5. The molecule has 0 aliphatic carbocycles. The fraction of sp³-hybridized carbons (Fsp3) is 0.909. The summed E-state index contributed by atoms with van der Waals surface area (Å²) in [5.74, 6) is -2.86. The van der Waals surface area contributed by atoms with Gasteiger partial charge in [-0.2, -0.15) is 0 Å². The number of hydrogen-bond acceptors (Lipinski definition) is 3. The number of nitrogens with zero attached hydrogens (tertiary/aromatic N) is 1. The molecule has 4 nitrogen and oxygen atoms in total. The molecule has 2 rings (SSSR count). The molecule has 7 heteroatoms. The molecule has 1 amide bonds. The van der Waals surface area contributed by atoms with Crippen molar-refractivity contribution in [3.8, 4) is 0 Å². The molecule has 2 saturated heterocycles. The number of amides is 1. The molecule has 2 fully saturated rings. The molecule has 18 heavy (non-hydrogen) atoms. The minimum absolute atomic E-state index is 0. The van der Waals surface area contributed by atoms with Crippen LogP contribution in [0.2, 0.25) is 0 Å². The lowest BCUT2D eigenvalue weighted by Gasteiger charge is -2.27. The minimum atomic E-state index is -2.86. The molecule has 0 radical (unpaired) electrons. The molecule has 2 aliphatic rings. The van der Waals surface area contributed by atoms with Crippen molar-refractivity contribution in [1.29, 1.82) is 0 Å². The van der Waals surface area contributed by atoms with E-state index in [1.807, 2.05) is 0 Å². The number of ether oxygens (including phenoxy) is 1. The Morgan fingerprint density at radius 1 is 1.44 bits per heavy atom. The minimum Gasteiger partial charge on any atom is -0.444 e. The van der Waals surface area contributed by atoms with Gasteiger partial charge >= 0.3 is 6.09 Å². The van der Waals surface area contributed by atoms with Crippen molar-refractivity contribution in [2.24, 2.45) is 0 Å². The summed E-state index contributed by atoms with van der Waals surface area (Å²) < 4.78 is 32.4. The lowest BCUT2D eigenvalue weighted by atomic mass is 10.1. The maximum atomic E-state index is 13.6. The first kappa shape index (κ1) is 15.4. The summed E-state index contributed by atoms with van der Waals surface area (Å²) in [4.78, 5) is 13.0. The number of nitrogens with one attached hydrogen (secondary N) is 1. The Hall–Kier alpha value is -0.620. The van der Waals surface area contributed by atoms with Crippen LogP contribution in [0.3, 0.4) is 0 Å². The van der Waals surface area contributed by atoms with E-state index >= 15 is 0 Å².